The molecule has 1 aromatic rings. The highest BCUT2D eigenvalue weighted by atomic mass is 16.4. The number of hydrogen-bond acceptors (Lipinski definition) is 3. The Morgan fingerprint density at radius 2 is 2.25 bits per heavy atom. The summed E-state index contributed by atoms with van der Waals surface area (Å²) in [6.07, 6.45) is 1.14. The van der Waals surface area contributed by atoms with Gasteiger partial charge in [-0.1, -0.05) is 20.3 Å². The van der Waals surface area contributed by atoms with Crippen LogP contribution in [0.1, 0.15) is 36.6 Å². The molecule has 0 bridgehead atoms. The van der Waals surface area contributed by atoms with Gasteiger partial charge in [-0.3, -0.25) is 4.90 Å². The fraction of sp³-hybridized carbons (Fsp3) is 0.583. The molecular formula is C12H19NO3. The molecule has 1 atom stereocenters. The third-order valence-electron chi connectivity index (χ3n) is 2.62. The smallest absolute Gasteiger partial charge is 0.371 e. The van der Waals surface area contributed by atoms with Crippen molar-refractivity contribution in [1.29, 1.82) is 0 Å². The van der Waals surface area contributed by atoms with E-state index in [1.807, 2.05) is 7.05 Å². The Hall–Kier alpha value is -1.29. The second-order valence-electron chi connectivity index (χ2n) is 4.28. The van der Waals surface area contributed by atoms with Crippen molar-refractivity contribution in [2.45, 2.75) is 26.8 Å². The molecule has 1 N–H and O–H groups in total. The van der Waals surface area contributed by atoms with Gasteiger partial charge in [-0.2, -0.15) is 0 Å². The summed E-state index contributed by atoms with van der Waals surface area (Å²) in [7, 11) is 2.01. The third-order valence-corrected chi connectivity index (χ3v) is 2.62. The normalized spacial score (nSPS) is 13.0. The molecule has 0 aliphatic heterocycles. The zero-order valence-corrected chi connectivity index (χ0v) is 10.1. The molecule has 0 aliphatic rings. The summed E-state index contributed by atoms with van der Waals surface area (Å²) in [5.74, 6) is 0.324. The van der Waals surface area contributed by atoms with Gasteiger partial charge < -0.3 is 9.52 Å². The molecule has 90 valence electrons. The first kappa shape index (κ1) is 12.8. The molecule has 0 fully saturated rings. The number of hydrogen-bond donors (Lipinski definition) is 1. The van der Waals surface area contributed by atoms with E-state index < -0.39 is 5.97 Å². The second kappa shape index (κ2) is 5.70. The first-order valence-corrected chi connectivity index (χ1v) is 5.53. The van der Waals surface area contributed by atoms with Gasteiger partial charge in [-0.05, 0) is 25.1 Å². The van der Waals surface area contributed by atoms with Crippen LogP contribution in [0.5, 0.6) is 0 Å². The Morgan fingerprint density at radius 3 is 2.75 bits per heavy atom. The van der Waals surface area contributed by atoms with Crippen LogP contribution in [0, 0.1) is 5.92 Å². The Morgan fingerprint density at radius 1 is 1.56 bits per heavy atom. The highest BCUT2D eigenvalue weighted by molar-refractivity contribution is 5.84. The van der Waals surface area contributed by atoms with Crippen molar-refractivity contribution in [2.75, 3.05) is 13.6 Å². The highest BCUT2D eigenvalue weighted by Crippen LogP contribution is 2.11. The average Bonchev–Trinajstić information content (AvgIpc) is 2.65. The van der Waals surface area contributed by atoms with E-state index in [0.717, 1.165) is 13.0 Å². The molecule has 0 spiro atoms. The van der Waals surface area contributed by atoms with Crippen LogP contribution in [0.3, 0.4) is 0 Å². The summed E-state index contributed by atoms with van der Waals surface area (Å²) in [6.45, 7) is 5.99. The zero-order chi connectivity index (χ0) is 12.1. The van der Waals surface area contributed by atoms with Gasteiger partial charge in [0, 0.05) is 6.54 Å². The predicted molar refractivity (Wildman–Crippen MR) is 61.5 cm³/mol. The predicted octanol–water partition coefficient (Wildman–Crippen LogP) is 2.46. The molecule has 4 nitrogen and oxygen atoms in total. The number of nitrogens with zero attached hydrogens (tertiary/aromatic N) is 1. The van der Waals surface area contributed by atoms with Crippen molar-refractivity contribution in [3.05, 3.63) is 23.7 Å². The maximum atomic E-state index is 10.6. The topological polar surface area (TPSA) is 53.7 Å². The van der Waals surface area contributed by atoms with Gasteiger partial charge >= 0.3 is 5.97 Å². The fourth-order valence-corrected chi connectivity index (χ4v) is 1.57. The van der Waals surface area contributed by atoms with E-state index in [9.17, 15) is 4.79 Å². The summed E-state index contributed by atoms with van der Waals surface area (Å²) in [6, 6.07) is 3.21. The van der Waals surface area contributed by atoms with Crippen LogP contribution in [0.4, 0.5) is 0 Å². The molecule has 4 heteroatoms. The number of carboxylic acids is 1. The average molecular weight is 225 g/mol. The molecule has 16 heavy (non-hydrogen) atoms. The first-order chi connectivity index (χ1) is 7.52. The van der Waals surface area contributed by atoms with E-state index >= 15 is 0 Å². The van der Waals surface area contributed by atoms with Gasteiger partial charge in [0.2, 0.25) is 5.76 Å². The maximum Gasteiger partial charge on any atom is 0.371 e. The molecule has 1 aromatic heterocycles. The van der Waals surface area contributed by atoms with Gasteiger partial charge in [0.25, 0.3) is 0 Å². The fourth-order valence-electron chi connectivity index (χ4n) is 1.57. The molecule has 0 aliphatic carbocycles. The lowest BCUT2D eigenvalue weighted by Gasteiger charge is -2.18. The van der Waals surface area contributed by atoms with Gasteiger partial charge in [0.1, 0.15) is 5.76 Å². The van der Waals surface area contributed by atoms with Crippen molar-refractivity contribution in [2.24, 2.45) is 5.92 Å². The van der Waals surface area contributed by atoms with Crippen molar-refractivity contribution in [1.82, 2.24) is 4.90 Å². The lowest BCUT2D eigenvalue weighted by molar-refractivity contribution is 0.0658. The number of furan rings is 1. The van der Waals surface area contributed by atoms with E-state index in [0.29, 0.717) is 18.2 Å². The van der Waals surface area contributed by atoms with Crippen molar-refractivity contribution in [3.63, 3.8) is 0 Å². The van der Waals surface area contributed by atoms with Gasteiger partial charge in [0.05, 0.1) is 6.54 Å². The Kier molecular flexibility index (Phi) is 4.55. The second-order valence-corrected chi connectivity index (χ2v) is 4.28. The summed E-state index contributed by atoms with van der Waals surface area (Å²) in [5, 5.41) is 8.71. The van der Waals surface area contributed by atoms with E-state index in [-0.39, 0.29) is 5.76 Å². The van der Waals surface area contributed by atoms with Crippen LogP contribution in [-0.2, 0) is 6.54 Å². The lowest BCUT2D eigenvalue weighted by Crippen LogP contribution is -2.23. The highest BCUT2D eigenvalue weighted by Gasteiger charge is 2.11. The first-order valence-electron chi connectivity index (χ1n) is 5.53. The Bertz CT molecular complexity index is 346. The molecule has 1 rings (SSSR count). The molecule has 0 aromatic carbocycles. The van der Waals surface area contributed by atoms with Crippen LogP contribution in [0.15, 0.2) is 16.5 Å². The number of aromatic carboxylic acids is 1. The van der Waals surface area contributed by atoms with Crippen molar-refractivity contribution < 1.29 is 14.3 Å². The Labute approximate surface area is 95.9 Å². The van der Waals surface area contributed by atoms with Crippen LogP contribution in [0.2, 0.25) is 0 Å². The number of carboxylic acid groups (broad SMARTS) is 1. The SMILES string of the molecule is CCC(C)CN(C)Cc1ccc(C(=O)O)o1. The van der Waals surface area contributed by atoms with Crippen molar-refractivity contribution >= 4 is 5.97 Å². The van der Waals surface area contributed by atoms with E-state index in [1.54, 1.807) is 6.07 Å². The van der Waals surface area contributed by atoms with Crippen LogP contribution in [-0.4, -0.2) is 29.6 Å². The molecule has 1 unspecified atom stereocenters. The minimum atomic E-state index is -1.02. The molecule has 0 amide bonds. The van der Waals surface area contributed by atoms with Gasteiger partial charge in [0.15, 0.2) is 0 Å². The molecule has 0 saturated heterocycles. The van der Waals surface area contributed by atoms with E-state index in [4.69, 9.17) is 9.52 Å². The molecule has 0 saturated carbocycles. The van der Waals surface area contributed by atoms with Crippen molar-refractivity contribution in [3.8, 4) is 0 Å². The summed E-state index contributed by atoms with van der Waals surface area (Å²) >= 11 is 0. The monoisotopic (exact) mass is 225 g/mol. The van der Waals surface area contributed by atoms with Crippen LogP contribution >= 0.6 is 0 Å². The van der Waals surface area contributed by atoms with E-state index in [1.165, 1.54) is 6.07 Å². The van der Waals surface area contributed by atoms with Gasteiger partial charge in [-0.25, -0.2) is 4.79 Å². The maximum absolute atomic E-state index is 10.6. The minimum Gasteiger partial charge on any atom is -0.475 e. The standard InChI is InChI=1S/C12H19NO3/c1-4-9(2)7-13(3)8-10-5-6-11(16-10)12(14)15/h5-6,9H,4,7-8H2,1-3H3,(H,14,15). The summed E-state index contributed by atoms with van der Waals surface area (Å²) < 4.78 is 5.19. The molecule has 0 radical (unpaired) electrons. The lowest BCUT2D eigenvalue weighted by atomic mass is 10.1. The summed E-state index contributed by atoms with van der Waals surface area (Å²) in [4.78, 5) is 12.8. The zero-order valence-electron chi connectivity index (χ0n) is 10.1. The van der Waals surface area contributed by atoms with Crippen LogP contribution < -0.4 is 0 Å². The number of rotatable bonds is 6. The van der Waals surface area contributed by atoms with E-state index in [2.05, 4.69) is 18.7 Å². The molecule has 1 heterocycles. The Balaban J connectivity index is 2.49. The minimum absolute atomic E-state index is 0.00643. The van der Waals surface area contributed by atoms with Crippen LogP contribution in [0.25, 0.3) is 0 Å². The largest absolute Gasteiger partial charge is 0.475 e. The molecular weight excluding hydrogens is 206 g/mol. The van der Waals surface area contributed by atoms with Gasteiger partial charge in [-0.15, -0.1) is 0 Å². The summed E-state index contributed by atoms with van der Waals surface area (Å²) in [5.41, 5.74) is 0. The third kappa shape index (κ3) is 3.70. The quantitative estimate of drug-likeness (QED) is 0.808. The number of carbonyl (C=O) groups is 1.